The first-order valence-corrected chi connectivity index (χ1v) is 11.4. The number of nitrogens with zero attached hydrogens (tertiary/aromatic N) is 2. The van der Waals surface area contributed by atoms with Crippen molar-refractivity contribution in [3.8, 4) is 0 Å². The molecule has 0 spiro atoms. The number of hydrogen-bond acceptors (Lipinski definition) is 5. The molecule has 0 aromatic heterocycles. The summed E-state index contributed by atoms with van der Waals surface area (Å²) in [6.45, 7) is 9.96. The molecule has 0 aliphatic carbocycles. The minimum absolute atomic E-state index is 0.448. The molecule has 1 amide bonds. The standard InChI is InChI=1S/C26H33N3O3/c1-19-15-28(17-21-6-8-24(9-7-21)26(30)27-31)16-20(2)29(19)18-22-4-3-5-25(14-22)23-10-12-32-13-11-23/h3-10,14,19-20,31H,11-13,15-18H2,1-2H3,(H,27,30)/t19-,20+. The Morgan fingerprint density at radius 2 is 1.81 bits per heavy atom. The summed E-state index contributed by atoms with van der Waals surface area (Å²) in [6.07, 6.45) is 3.19. The fraction of sp³-hybridized carbons (Fsp3) is 0.423. The van der Waals surface area contributed by atoms with Crippen LogP contribution in [0.25, 0.3) is 5.57 Å². The molecule has 2 N–H and O–H groups in total. The van der Waals surface area contributed by atoms with Crippen LogP contribution in [0.15, 0.2) is 54.6 Å². The van der Waals surface area contributed by atoms with E-state index in [-0.39, 0.29) is 0 Å². The number of hydroxylamine groups is 1. The topological polar surface area (TPSA) is 65.0 Å². The molecule has 0 saturated carbocycles. The Morgan fingerprint density at radius 3 is 2.47 bits per heavy atom. The lowest BCUT2D eigenvalue weighted by atomic mass is 9.98. The summed E-state index contributed by atoms with van der Waals surface area (Å²) in [5.74, 6) is -0.482. The predicted molar refractivity (Wildman–Crippen MR) is 125 cm³/mol. The summed E-state index contributed by atoms with van der Waals surface area (Å²) in [5, 5.41) is 8.77. The maximum absolute atomic E-state index is 11.5. The molecule has 0 radical (unpaired) electrons. The molecule has 0 bridgehead atoms. The lowest BCUT2D eigenvalue weighted by Gasteiger charge is -2.44. The molecule has 1 fully saturated rings. The number of carbonyl (C=O) groups is 1. The second-order valence-electron chi connectivity index (χ2n) is 8.96. The molecule has 32 heavy (non-hydrogen) atoms. The highest BCUT2D eigenvalue weighted by Gasteiger charge is 2.29. The molecule has 2 aromatic rings. The Balaban J connectivity index is 1.37. The average Bonchev–Trinajstić information content (AvgIpc) is 2.82. The van der Waals surface area contributed by atoms with E-state index in [2.05, 4.69) is 54.0 Å². The number of nitrogens with one attached hydrogen (secondary N) is 1. The number of hydrogen-bond donors (Lipinski definition) is 2. The average molecular weight is 436 g/mol. The van der Waals surface area contributed by atoms with Crippen molar-refractivity contribution in [3.63, 3.8) is 0 Å². The van der Waals surface area contributed by atoms with Gasteiger partial charge in [-0.05, 0) is 54.7 Å². The van der Waals surface area contributed by atoms with Gasteiger partial charge in [0.25, 0.3) is 5.91 Å². The van der Waals surface area contributed by atoms with Crippen molar-refractivity contribution < 1.29 is 14.7 Å². The van der Waals surface area contributed by atoms with E-state index in [1.807, 2.05) is 12.1 Å². The van der Waals surface area contributed by atoms with Gasteiger partial charge in [-0.1, -0.05) is 42.5 Å². The van der Waals surface area contributed by atoms with Crippen LogP contribution in [0.2, 0.25) is 0 Å². The first-order valence-electron chi connectivity index (χ1n) is 11.4. The maximum atomic E-state index is 11.5. The number of rotatable bonds is 6. The smallest absolute Gasteiger partial charge is 0.274 e. The maximum Gasteiger partial charge on any atom is 0.274 e. The Labute approximate surface area is 190 Å². The molecule has 1 saturated heterocycles. The van der Waals surface area contributed by atoms with E-state index in [1.165, 1.54) is 22.3 Å². The Morgan fingerprint density at radius 1 is 1.06 bits per heavy atom. The van der Waals surface area contributed by atoms with Crippen LogP contribution in [0.1, 0.15) is 47.3 Å². The molecule has 2 aliphatic heterocycles. The quantitative estimate of drug-likeness (QED) is 0.535. The number of benzene rings is 2. The second-order valence-corrected chi connectivity index (χ2v) is 8.96. The molecule has 0 unspecified atom stereocenters. The van der Waals surface area contributed by atoms with Crippen LogP contribution in [-0.2, 0) is 17.8 Å². The van der Waals surface area contributed by atoms with Crippen molar-refractivity contribution in [1.29, 1.82) is 0 Å². The Kier molecular flexibility index (Phi) is 7.37. The monoisotopic (exact) mass is 435 g/mol. The second kappa shape index (κ2) is 10.4. The molecule has 2 aliphatic rings. The van der Waals surface area contributed by atoms with Crippen LogP contribution in [0.5, 0.6) is 0 Å². The van der Waals surface area contributed by atoms with Crippen molar-refractivity contribution in [3.05, 3.63) is 76.9 Å². The van der Waals surface area contributed by atoms with Crippen LogP contribution in [0.4, 0.5) is 0 Å². The largest absolute Gasteiger partial charge is 0.377 e. The molecular formula is C26H33N3O3. The summed E-state index contributed by atoms with van der Waals surface area (Å²) in [7, 11) is 0. The zero-order chi connectivity index (χ0) is 22.5. The summed E-state index contributed by atoms with van der Waals surface area (Å²) in [4.78, 5) is 16.6. The number of ether oxygens (including phenoxy) is 1. The number of amides is 1. The molecular weight excluding hydrogens is 402 g/mol. The summed E-state index contributed by atoms with van der Waals surface area (Å²) >= 11 is 0. The van der Waals surface area contributed by atoms with Crippen molar-refractivity contribution in [2.45, 2.75) is 45.4 Å². The van der Waals surface area contributed by atoms with Gasteiger partial charge in [-0.25, -0.2) is 5.48 Å². The SMILES string of the molecule is C[C@@H]1CN(Cc2ccc(C(=O)NO)cc2)C[C@H](C)N1Cc1cccc(C2=CCOCC2)c1. The molecule has 4 rings (SSSR count). The van der Waals surface area contributed by atoms with E-state index in [1.54, 1.807) is 17.6 Å². The van der Waals surface area contributed by atoms with E-state index in [4.69, 9.17) is 9.94 Å². The van der Waals surface area contributed by atoms with Gasteiger partial charge >= 0.3 is 0 Å². The third-order valence-corrected chi connectivity index (χ3v) is 6.53. The predicted octanol–water partition coefficient (Wildman–Crippen LogP) is 3.70. The lowest BCUT2D eigenvalue weighted by Crippen LogP contribution is -2.55. The van der Waals surface area contributed by atoms with E-state index in [0.717, 1.165) is 39.2 Å². The van der Waals surface area contributed by atoms with Crippen molar-refractivity contribution >= 4 is 11.5 Å². The zero-order valence-electron chi connectivity index (χ0n) is 19.0. The van der Waals surface area contributed by atoms with Gasteiger partial charge in [0.15, 0.2) is 0 Å². The molecule has 2 aromatic carbocycles. The first-order chi connectivity index (χ1) is 15.5. The highest BCUT2D eigenvalue weighted by molar-refractivity contribution is 5.93. The van der Waals surface area contributed by atoms with Gasteiger partial charge in [-0.2, -0.15) is 0 Å². The fourth-order valence-electron chi connectivity index (χ4n) is 4.86. The molecule has 6 heteroatoms. The molecule has 2 atom stereocenters. The van der Waals surface area contributed by atoms with Crippen LogP contribution in [0, 0.1) is 0 Å². The van der Waals surface area contributed by atoms with Gasteiger partial charge in [0.2, 0.25) is 0 Å². The third kappa shape index (κ3) is 5.45. The van der Waals surface area contributed by atoms with Gasteiger partial charge < -0.3 is 4.74 Å². The minimum atomic E-state index is -0.482. The molecule has 6 nitrogen and oxygen atoms in total. The minimum Gasteiger partial charge on any atom is -0.377 e. The highest BCUT2D eigenvalue weighted by Crippen LogP contribution is 2.25. The number of piperazine rings is 1. The van der Waals surface area contributed by atoms with E-state index in [9.17, 15) is 4.79 Å². The van der Waals surface area contributed by atoms with Gasteiger partial charge in [0, 0.05) is 43.8 Å². The van der Waals surface area contributed by atoms with Crippen LogP contribution >= 0.6 is 0 Å². The van der Waals surface area contributed by atoms with Crippen molar-refractivity contribution in [2.75, 3.05) is 26.3 Å². The summed E-state index contributed by atoms with van der Waals surface area (Å²) in [6, 6.07) is 17.3. The Hall–Kier alpha value is -2.51. The van der Waals surface area contributed by atoms with E-state index < -0.39 is 5.91 Å². The summed E-state index contributed by atoms with van der Waals surface area (Å²) in [5.41, 5.74) is 7.39. The van der Waals surface area contributed by atoms with E-state index in [0.29, 0.717) is 24.3 Å². The van der Waals surface area contributed by atoms with Crippen LogP contribution < -0.4 is 5.48 Å². The van der Waals surface area contributed by atoms with Gasteiger partial charge in [0.1, 0.15) is 0 Å². The third-order valence-electron chi connectivity index (χ3n) is 6.53. The fourth-order valence-corrected chi connectivity index (χ4v) is 4.86. The lowest BCUT2D eigenvalue weighted by molar-refractivity contribution is 0.0290. The normalized spacial score (nSPS) is 22.4. The Bertz CT molecular complexity index is 945. The first kappa shape index (κ1) is 22.7. The summed E-state index contributed by atoms with van der Waals surface area (Å²) < 4.78 is 5.46. The van der Waals surface area contributed by atoms with Gasteiger partial charge in [0.05, 0.1) is 13.2 Å². The van der Waals surface area contributed by atoms with Crippen LogP contribution in [-0.4, -0.2) is 59.3 Å². The molecule has 170 valence electrons. The number of carbonyl (C=O) groups excluding carboxylic acids is 1. The van der Waals surface area contributed by atoms with E-state index >= 15 is 0 Å². The van der Waals surface area contributed by atoms with Crippen molar-refractivity contribution in [1.82, 2.24) is 15.3 Å². The van der Waals surface area contributed by atoms with Gasteiger partial charge in [-0.15, -0.1) is 0 Å². The zero-order valence-corrected chi connectivity index (χ0v) is 19.0. The molecule has 2 heterocycles. The van der Waals surface area contributed by atoms with Gasteiger partial charge in [-0.3, -0.25) is 19.8 Å². The van der Waals surface area contributed by atoms with Crippen LogP contribution in [0.3, 0.4) is 0 Å². The highest BCUT2D eigenvalue weighted by atomic mass is 16.5. The van der Waals surface area contributed by atoms with Crippen molar-refractivity contribution in [2.24, 2.45) is 0 Å².